The van der Waals surface area contributed by atoms with Gasteiger partial charge in [-0.1, -0.05) is 13.8 Å². The lowest BCUT2D eigenvalue weighted by Crippen LogP contribution is -2.30. The third kappa shape index (κ3) is 5.94. The number of rotatable bonds is 7. The molecule has 1 aromatic rings. The second kappa shape index (κ2) is 6.77. The number of sulfonamides is 1. The lowest BCUT2D eigenvalue weighted by molar-refractivity contribution is 0.224. The van der Waals surface area contributed by atoms with Crippen LogP contribution in [-0.2, 0) is 10.0 Å². The summed E-state index contributed by atoms with van der Waals surface area (Å²) in [5.41, 5.74) is 0. The standard InChI is InChI=1S/C13H21NO4S/c1-10(2)11(9-19(14,15)16)8-18-13-6-4-12(17-3)5-7-13/h4-7,10-11H,8-9H2,1-3H3,(H2,14,15,16). The minimum Gasteiger partial charge on any atom is -0.497 e. The lowest BCUT2D eigenvalue weighted by atomic mass is 9.99. The highest BCUT2D eigenvalue weighted by Gasteiger charge is 2.20. The highest BCUT2D eigenvalue weighted by molar-refractivity contribution is 7.89. The Hall–Kier alpha value is -1.27. The van der Waals surface area contributed by atoms with E-state index in [1.54, 1.807) is 31.4 Å². The molecule has 0 fully saturated rings. The van der Waals surface area contributed by atoms with Gasteiger partial charge in [-0.05, 0) is 30.2 Å². The van der Waals surface area contributed by atoms with E-state index >= 15 is 0 Å². The van der Waals surface area contributed by atoms with Crippen LogP contribution in [0.1, 0.15) is 13.8 Å². The molecule has 6 heteroatoms. The third-order valence-corrected chi connectivity index (χ3v) is 3.81. The molecule has 1 unspecified atom stereocenters. The van der Waals surface area contributed by atoms with Crippen molar-refractivity contribution in [3.05, 3.63) is 24.3 Å². The first-order valence-corrected chi connectivity index (χ1v) is 7.80. The van der Waals surface area contributed by atoms with E-state index < -0.39 is 10.0 Å². The molecule has 1 atom stereocenters. The predicted molar refractivity (Wildman–Crippen MR) is 74.8 cm³/mol. The number of hydrogen-bond acceptors (Lipinski definition) is 4. The molecule has 5 nitrogen and oxygen atoms in total. The van der Waals surface area contributed by atoms with Crippen LogP contribution in [0.4, 0.5) is 0 Å². The first-order chi connectivity index (χ1) is 8.81. The van der Waals surface area contributed by atoms with Gasteiger partial charge in [0.25, 0.3) is 0 Å². The maximum atomic E-state index is 11.1. The van der Waals surface area contributed by atoms with Crippen molar-refractivity contribution in [2.45, 2.75) is 13.8 Å². The fourth-order valence-corrected chi connectivity index (χ4v) is 2.68. The molecule has 0 radical (unpaired) electrons. The molecule has 0 heterocycles. The zero-order valence-electron chi connectivity index (χ0n) is 11.5. The van der Waals surface area contributed by atoms with Crippen molar-refractivity contribution >= 4 is 10.0 Å². The summed E-state index contributed by atoms with van der Waals surface area (Å²) in [7, 11) is -1.89. The zero-order valence-corrected chi connectivity index (χ0v) is 12.3. The molecule has 0 aromatic heterocycles. The van der Waals surface area contributed by atoms with Gasteiger partial charge in [-0.25, -0.2) is 13.6 Å². The Balaban J connectivity index is 2.60. The smallest absolute Gasteiger partial charge is 0.209 e. The second-order valence-electron chi connectivity index (χ2n) is 4.82. The maximum Gasteiger partial charge on any atom is 0.209 e. The summed E-state index contributed by atoms with van der Waals surface area (Å²) in [5, 5.41) is 5.08. The predicted octanol–water partition coefficient (Wildman–Crippen LogP) is 1.63. The average Bonchev–Trinajstić information content (AvgIpc) is 2.33. The molecule has 0 aliphatic heterocycles. The number of nitrogens with two attached hydrogens (primary N) is 1. The van der Waals surface area contributed by atoms with E-state index in [0.717, 1.165) is 5.75 Å². The van der Waals surface area contributed by atoms with Gasteiger partial charge in [0, 0.05) is 5.92 Å². The molecule has 0 amide bonds. The van der Waals surface area contributed by atoms with Gasteiger partial charge in [-0.2, -0.15) is 0 Å². The summed E-state index contributed by atoms with van der Waals surface area (Å²) in [4.78, 5) is 0. The SMILES string of the molecule is COc1ccc(OCC(CS(N)(=O)=O)C(C)C)cc1. The first kappa shape index (κ1) is 15.8. The highest BCUT2D eigenvalue weighted by Crippen LogP contribution is 2.19. The van der Waals surface area contributed by atoms with Gasteiger partial charge in [0.05, 0.1) is 19.5 Å². The van der Waals surface area contributed by atoms with E-state index in [2.05, 4.69) is 0 Å². The van der Waals surface area contributed by atoms with E-state index in [0.29, 0.717) is 12.4 Å². The summed E-state index contributed by atoms with van der Waals surface area (Å²) in [6.07, 6.45) is 0. The lowest BCUT2D eigenvalue weighted by Gasteiger charge is -2.20. The van der Waals surface area contributed by atoms with Crippen LogP contribution in [0, 0.1) is 11.8 Å². The topological polar surface area (TPSA) is 78.6 Å². The van der Waals surface area contributed by atoms with E-state index in [1.807, 2.05) is 13.8 Å². The Labute approximate surface area is 114 Å². The molecule has 0 saturated heterocycles. The molecule has 2 N–H and O–H groups in total. The van der Waals surface area contributed by atoms with Crippen LogP contribution < -0.4 is 14.6 Å². The minimum atomic E-state index is -3.48. The number of primary sulfonamides is 1. The van der Waals surface area contributed by atoms with Crippen LogP contribution in [-0.4, -0.2) is 27.9 Å². The molecular formula is C13H21NO4S. The zero-order chi connectivity index (χ0) is 14.5. The number of ether oxygens (including phenoxy) is 2. The number of methoxy groups -OCH3 is 1. The fraction of sp³-hybridized carbons (Fsp3) is 0.538. The van der Waals surface area contributed by atoms with Crippen LogP contribution in [0.3, 0.4) is 0 Å². The van der Waals surface area contributed by atoms with E-state index in [9.17, 15) is 8.42 Å². The van der Waals surface area contributed by atoms with Crippen molar-refractivity contribution in [3.63, 3.8) is 0 Å². The molecule has 0 aliphatic carbocycles. The monoisotopic (exact) mass is 287 g/mol. The van der Waals surface area contributed by atoms with E-state index in [4.69, 9.17) is 14.6 Å². The second-order valence-corrected chi connectivity index (χ2v) is 6.48. The van der Waals surface area contributed by atoms with E-state index in [1.165, 1.54) is 0 Å². The van der Waals surface area contributed by atoms with Crippen molar-refractivity contribution < 1.29 is 17.9 Å². The van der Waals surface area contributed by atoms with Crippen molar-refractivity contribution in [1.29, 1.82) is 0 Å². The molecule has 108 valence electrons. The van der Waals surface area contributed by atoms with Crippen LogP contribution in [0.5, 0.6) is 11.5 Å². The Morgan fingerprint density at radius 2 is 1.68 bits per heavy atom. The molecule has 1 rings (SSSR count). The normalized spacial score (nSPS) is 13.3. The third-order valence-electron chi connectivity index (χ3n) is 2.91. The van der Waals surface area contributed by atoms with Crippen molar-refractivity contribution in [2.75, 3.05) is 19.5 Å². The van der Waals surface area contributed by atoms with Crippen LogP contribution >= 0.6 is 0 Å². The van der Waals surface area contributed by atoms with Gasteiger partial charge in [0.2, 0.25) is 10.0 Å². The number of hydrogen-bond donors (Lipinski definition) is 1. The van der Waals surface area contributed by atoms with Gasteiger partial charge in [0.1, 0.15) is 11.5 Å². The van der Waals surface area contributed by atoms with Crippen LogP contribution in [0.2, 0.25) is 0 Å². The molecule has 0 saturated carbocycles. The Morgan fingerprint density at radius 1 is 1.16 bits per heavy atom. The van der Waals surface area contributed by atoms with Crippen molar-refractivity contribution in [3.8, 4) is 11.5 Å². The maximum absolute atomic E-state index is 11.1. The first-order valence-electron chi connectivity index (χ1n) is 6.09. The van der Waals surface area contributed by atoms with Gasteiger partial charge in [-0.15, -0.1) is 0 Å². The van der Waals surface area contributed by atoms with Crippen molar-refractivity contribution in [2.24, 2.45) is 17.0 Å². The summed E-state index contributed by atoms with van der Waals surface area (Å²) in [6, 6.07) is 7.15. The largest absolute Gasteiger partial charge is 0.497 e. The summed E-state index contributed by atoms with van der Waals surface area (Å²) in [6.45, 7) is 4.22. The minimum absolute atomic E-state index is 0.0686. The molecular weight excluding hydrogens is 266 g/mol. The highest BCUT2D eigenvalue weighted by atomic mass is 32.2. The Kier molecular flexibility index (Phi) is 5.62. The van der Waals surface area contributed by atoms with Gasteiger partial charge >= 0.3 is 0 Å². The summed E-state index contributed by atoms with van der Waals surface area (Å²) in [5.74, 6) is 1.41. The van der Waals surface area contributed by atoms with Gasteiger partial charge in [0.15, 0.2) is 0 Å². The summed E-state index contributed by atoms with van der Waals surface area (Å²) >= 11 is 0. The molecule has 0 spiro atoms. The van der Waals surface area contributed by atoms with Crippen LogP contribution in [0.25, 0.3) is 0 Å². The van der Waals surface area contributed by atoms with Crippen molar-refractivity contribution in [1.82, 2.24) is 0 Å². The fourth-order valence-electron chi connectivity index (χ4n) is 1.61. The Morgan fingerprint density at radius 3 is 2.11 bits per heavy atom. The van der Waals surface area contributed by atoms with Crippen LogP contribution in [0.15, 0.2) is 24.3 Å². The average molecular weight is 287 g/mol. The molecule has 0 bridgehead atoms. The number of benzene rings is 1. The summed E-state index contributed by atoms with van der Waals surface area (Å²) < 4.78 is 32.9. The Bertz CT molecular complexity index is 482. The van der Waals surface area contributed by atoms with E-state index in [-0.39, 0.29) is 17.6 Å². The quantitative estimate of drug-likeness (QED) is 0.826. The molecule has 1 aromatic carbocycles. The van der Waals surface area contributed by atoms with Gasteiger partial charge in [-0.3, -0.25) is 0 Å². The molecule has 19 heavy (non-hydrogen) atoms. The molecule has 0 aliphatic rings. The van der Waals surface area contributed by atoms with Gasteiger partial charge < -0.3 is 9.47 Å².